The van der Waals surface area contributed by atoms with E-state index in [0.29, 0.717) is 6.04 Å². The highest BCUT2D eigenvalue weighted by atomic mass is 16.3. The molecule has 2 heterocycles. The number of aliphatic hydroxyl groups is 1. The van der Waals surface area contributed by atoms with E-state index in [2.05, 4.69) is 17.0 Å². The van der Waals surface area contributed by atoms with E-state index in [1.807, 2.05) is 16.9 Å². The summed E-state index contributed by atoms with van der Waals surface area (Å²) in [5.41, 5.74) is 0.759. The van der Waals surface area contributed by atoms with E-state index in [0.717, 1.165) is 25.2 Å². The van der Waals surface area contributed by atoms with Crippen molar-refractivity contribution in [2.24, 2.45) is 0 Å². The highest BCUT2D eigenvalue weighted by Crippen LogP contribution is 2.19. The van der Waals surface area contributed by atoms with Gasteiger partial charge in [0.25, 0.3) is 0 Å². The van der Waals surface area contributed by atoms with Crippen LogP contribution in [0.5, 0.6) is 0 Å². The molecule has 4 nitrogen and oxygen atoms in total. The van der Waals surface area contributed by atoms with Crippen molar-refractivity contribution < 1.29 is 5.11 Å². The molecule has 1 aliphatic rings. The summed E-state index contributed by atoms with van der Waals surface area (Å²) < 4.78 is 1.97. The zero-order valence-corrected chi connectivity index (χ0v) is 7.85. The zero-order valence-electron chi connectivity index (χ0n) is 7.85. The number of hydrogen-bond donors (Lipinski definition) is 1. The lowest BCUT2D eigenvalue weighted by molar-refractivity contribution is 0.273. The first-order valence-corrected chi connectivity index (χ1v) is 4.63. The number of likely N-dealkylation sites (N-methyl/N-ethyl adjacent to an activating group) is 1. The van der Waals surface area contributed by atoms with Crippen LogP contribution >= 0.6 is 0 Å². The third kappa shape index (κ3) is 1.73. The van der Waals surface area contributed by atoms with Crippen molar-refractivity contribution in [1.29, 1.82) is 0 Å². The molecule has 13 heavy (non-hydrogen) atoms. The number of nitrogens with zero attached hydrogens (tertiary/aromatic N) is 3. The highest BCUT2D eigenvalue weighted by Gasteiger charge is 2.21. The molecule has 0 aromatic carbocycles. The minimum atomic E-state index is 0.0373. The van der Waals surface area contributed by atoms with Crippen LogP contribution in [-0.4, -0.2) is 39.9 Å². The van der Waals surface area contributed by atoms with Crippen LogP contribution < -0.4 is 0 Å². The summed E-state index contributed by atoms with van der Waals surface area (Å²) in [5, 5.41) is 13.1. The standard InChI is InChI=1S/C9H15N3O/c1-11-4-3-9(6-11)12-5-2-8(7-13)10-12/h2,5,9,13H,3-4,6-7H2,1H3. The molecule has 0 aliphatic carbocycles. The van der Waals surface area contributed by atoms with Crippen molar-refractivity contribution in [1.82, 2.24) is 14.7 Å². The molecule has 0 saturated carbocycles. The van der Waals surface area contributed by atoms with Crippen molar-refractivity contribution in [3.63, 3.8) is 0 Å². The van der Waals surface area contributed by atoms with Gasteiger partial charge in [0.2, 0.25) is 0 Å². The van der Waals surface area contributed by atoms with Gasteiger partial charge in [0.15, 0.2) is 0 Å². The molecule has 1 fully saturated rings. The topological polar surface area (TPSA) is 41.3 Å². The average molecular weight is 181 g/mol. The Morgan fingerprint density at radius 2 is 2.54 bits per heavy atom. The fourth-order valence-corrected chi connectivity index (χ4v) is 1.79. The van der Waals surface area contributed by atoms with Gasteiger partial charge >= 0.3 is 0 Å². The Kier molecular flexibility index (Phi) is 2.33. The molecular weight excluding hydrogens is 166 g/mol. The third-order valence-corrected chi connectivity index (χ3v) is 2.57. The third-order valence-electron chi connectivity index (χ3n) is 2.57. The normalized spacial score (nSPS) is 24.0. The number of rotatable bonds is 2. The van der Waals surface area contributed by atoms with Crippen molar-refractivity contribution in [2.45, 2.75) is 19.1 Å². The van der Waals surface area contributed by atoms with Gasteiger partial charge in [0.1, 0.15) is 0 Å². The Morgan fingerprint density at radius 3 is 3.08 bits per heavy atom. The van der Waals surface area contributed by atoms with E-state index >= 15 is 0 Å². The highest BCUT2D eigenvalue weighted by molar-refractivity contribution is 4.98. The molecule has 0 amide bonds. The van der Waals surface area contributed by atoms with Gasteiger partial charge in [-0.1, -0.05) is 0 Å². The summed E-state index contributed by atoms with van der Waals surface area (Å²) in [6.45, 7) is 2.24. The SMILES string of the molecule is CN1CCC(n2ccc(CO)n2)C1. The molecule has 4 heteroatoms. The van der Waals surface area contributed by atoms with Crippen LogP contribution in [0, 0.1) is 0 Å². The molecular formula is C9H15N3O. The maximum absolute atomic E-state index is 8.86. The van der Waals surface area contributed by atoms with Gasteiger partial charge in [0.05, 0.1) is 18.3 Å². The van der Waals surface area contributed by atoms with Gasteiger partial charge in [0, 0.05) is 12.7 Å². The second-order valence-corrected chi connectivity index (χ2v) is 3.65. The van der Waals surface area contributed by atoms with Crippen molar-refractivity contribution in [3.05, 3.63) is 18.0 Å². The molecule has 1 atom stereocenters. The van der Waals surface area contributed by atoms with Crippen LogP contribution in [0.3, 0.4) is 0 Å². The quantitative estimate of drug-likeness (QED) is 0.711. The van der Waals surface area contributed by atoms with Crippen molar-refractivity contribution in [2.75, 3.05) is 20.1 Å². The smallest absolute Gasteiger partial charge is 0.0879 e. The summed E-state index contributed by atoms with van der Waals surface area (Å²) in [4.78, 5) is 2.30. The molecule has 1 aromatic heterocycles. The summed E-state index contributed by atoms with van der Waals surface area (Å²) >= 11 is 0. The zero-order chi connectivity index (χ0) is 9.26. The second kappa shape index (κ2) is 3.47. The van der Waals surface area contributed by atoms with E-state index in [1.54, 1.807) is 0 Å². The second-order valence-electron chi connectivity index (χ2n) is 3.65. The van der Waals surface area contributed by atoms with E-state index in [1.165, 1.54) is 0 Å². The molecule has 2 rings (SSSR count). The first-order chi connectivity index (χ1) is 6.29. The fourth-order valence-electron chi connectivity index (χ4n) is 1.79. The first-order valence-electron chi connectivity index (χ1n) is 4.63. The van der Waals surface area contributed by atoms with E-state index in [4.69, 9.17) is 5.11 Å². The van der Waals surface area contributed by atoms with Crippen molar-refractivity contribution >= 4 is 0 Å². The average Bonchev–Trinajstić information content (AvgIpc) is 2.71. The van der Waals surface area contributed by atoms with E-state index < -0.39 is 0 Å². The van der Waals surface area contributed by atoms with Gasteiger partial charge in [-0.05, 0) is 26.1 Å². The minimum Gasteiger partial charge on any atom is -0.390 e. The van der Waals surface area contributed by atoms with Gasteiger partial charge in [-0.15, -0.1) is 0 Å². The fraction of sp³-hybridized carbons (Fsp3) is 0.667. The lowest BCUT2D eigenvalue weighted by Crippen LogP contribution is -2.16. The summed E-state index contributed by atoms with van der Waals surface area (Å²) in [7, 11) is 2.12. The predicted molar refractivity (Wildman–Crippen MR) is 49.3 cm³/mol. The Labute approximate surface area is 77.8 Å². The summed E-state index contributed by atoms with van der Waals surface area (Å²) in [5.74, 6) is 0. The lowest BCUT2D eigenvalue weighted by Gasteiger charge is -2.10. The summed E-state index contributed by atoms with van der Waals surface area (Å²) in [6, 6.07) is 2.36. The molecule has 1 saturated heterocycles. The van der Waals surface area contributed by atoms with Crippen molar-refractivity contribution in [3.8, 4) is 0 Å². The lowest BCUT2D eigenvalue weighted by atomic mass is 10.3. The molecule has 0 spiro atoms. The maximum atomic E-state index is 8.86. The molecule has 0 bridgehead atoms. The van der Waals surface area contributed by atoms with E-state index in [-0.39, 0.29) is 6.61 Å². The van der Waals surface area contributed by atoms with E-state index in [9.17, 15) is 0 Å². The molecule has 1 aromatic rings. The van der Waals surface area contributed by atoms with Crippen LogP contribution in [0.15, 0.2) is 12.3 Å². The Hall–Kier alpha value is -0.870. The number of aliphatic hydroxyl groups excluding tert-OH is 1. The molecule has 1 unspecified atom stereocenters. The van der Waals surface area contributed by atoms with Crippen LogP contribution in [0.25, 0.3) is 0 Å². The van der Waals surface area contributed by atoms with Crippen LogP contribution in [0.1, 0.15) is 18.2 Å². The number of likely N-dealkylation sites (tertiary alicyclic amines) is 1. The minimum absolute atomic E-state index is 0.0373. The Bertz CT molecular complexity index is 284. The molecule has 1 aliphatic heterocycles. The Balaban J connectivity index is 2.08. The van der Waals surface area contributed by atoms with Crippen LogP contribution in [0.2, 0.25) is 0 Å². The largest absolute Gasteiger partial charge is 0.390 e. The predicted octanol–water partition coefficient (Wildman–Crippen LogP) is 0.252. The molecule has 72 valence electrons. The van der Waals surface area contributed by atoms with Gasteiger partial charge < -0.3 is 10.0 Å². The number of aromatic nitrogens is 2. The van der Waals surface area contributed by atoms with Gasteiger partial charge in [-0.2, -0.15) is 5.10 Å². The Morgan fingerprint density at radius 1 is 1.69 bits per heavy atom. The monoisotopic (exact) mass is 181 g/mol. The van der Waals surface area contributed by atoms with Crippen LogP contribution in [-0.2, 0) is 6.61 Å². The number of hydrogen-bond acceptors (Lipinski definition) is 3. The van der Waals surface area contributed by atoms with Gasteiger partial charge in [-0.25, -0.2) is 0 Å². The van der Waals surface area contributed by atoms with Gasteiger partial charge in [-0.3, -0.25) is 4.68 Å². The van der Waals surface area contributed by atoms with Crippen LogP contribution in [0.4, 0.5) is 0 Å². The maximum Gasteiger partial charge on any atom is 0.0879 e. The molecule has 0 radical (unpaired) electrons. The summed E-state index contributed by atoms with van der Waals surface area (Å²) in [6.07, 6.45) is 3.11. The first kappa shape index (κ1) is 8.72. The molecule has 1 N–H and O–H groups in total.